The molecule has 0 radical (unpaired) electrons. The third-order valence-electron chi connectivity index (χ3n) is 4.53. The Morgan fingerprint density at radius 2 is 2.04 bits per heavy atom. The fraction of sp³-hybridized carbons (Fsp3) is 0.211. The molecule has 1 aromatic heterocycles. The molecule has 6 nitrogen and oxygen atoms in total. The number of ether oxygens (including phenoxy) is 1. The maximum Gasteiger partial charge on any atom is 0.321 e. The lowest BCUT2D eigenvalue weighted by atomic mass is 9.90. The Balaban J connectivity index is 1.99. The average Bonchev–Trinajstić information content (AvgIpc) is 2.99. The quantitative estimate of drug-likeness (QED) is 0.528. The van der Waals surface area contributed by atoms with Crippen molar-refractivity contribution >= 4 is 52.1 Å². The van der Waals surface area contributed by atoms with Gasteiger partial charge in [-0.1, -0.05) is 41.4 Å². The van der Waals surface area contributed by atoms with E-state index in [1.165, 1.54) is 0 Å². The minimum Gasteiger partial charge on any atom is -0.465 e. The number of hydrogen-bond acceptors (Lipinski definition) is 4. The summed E-state index contributed by atoms with van der Waals surface area (Å²) in [4.78, 5) is 29.9. The molecule has 0 fully saturated rings. The number of imidazole rings is 1. The fourth-order valence-corrected chi connectivity index (χ4v) is 3.94. The molecule has 1 aliphatic heterocycles. The van der Waals surface area contributed by atoms with Gasteiger partial charge in [-0.05, 0) is 36.8 Å². The summed E-state index contributed by atoms with van der Waals surface area (Å²) >= 11 is 12.5. The van der Waals surface area contributed by atoms with E-state index in [4.69, 9.17) is 27.9 Å². The monoisotopic (exact) mass is 403 g/mol. The highest BCUT2D eigenvalue weighted by atomic mass is 35.5. The molecular weight excluding hydrogens is 389 g/mol. The highest BCUT2D eigenvalue weighted by Crippen LogP contribution is 2.41. The van der Waals surface area contributed by atoms with Gasteiger partial charge in [-0.15, -0.1) is 0 Å². The van der Waals surface area contributed by atoms with Crippen LogP contribution in [-0.4, -0.2) is 28.0 Å². The van der Waals surface area contributed by atoms with Crippen molar-refractivity contribution in [2.75, 3.05) is 11.9 Å². The zero-order valence-electron chi connectivity index (χ0n) is 14.3. The van der Waals surface area contributed by atoms with E-state index in [1.807, 2.05) is 28.8 Å². The lowest BCUT2D eigenvalue weighted by Gasteiger charge is -2.32. The topological polar surface area (TPSA) is 73.2 Å². The van der Waals surface area contributed by atoms with Crippen LogP contribution in [0.4, 0.5) is 5.95 Å². The van der Waals surface area contributed by atoms with Gasteiger partial charge < -0.3 is 9.30 Å². The second-order valence-electron chi connectivity index (χ2n) is 6.12. The van der Waals surface area contributed by atoms with Gasteiger partial charge in [0.2, 0.25) is 11.9 Å². The van der Waals surface area contributed by atoms with Crippen molar-refractivity contribution in [3.63, 3.8) is 0 Å². The highest BCUT2D eigenvalue weighted by molar-refractivity contribution is 6.35. The first kappa shape index (κ1) is 17.8. The number of amides is 1. The van der Waals surface area contributed by atoms with Crippen LogP contribution in [0.3, 0.4) is 0 Å². The van der Waals surface area contributed by atoms with E-state index in [0.717, 1.165) is 5.52 Å². The number of para-hydroxylation sites is 2. The molecule has 2 aromatic carbocycles. The molecule has 0 saturated heterocycles. The Hall–Kier alpha value is -2.57. The summed E-state index contributed by atoms with van der Waals surface area (Å²) in [6, 6.07) is 11.7. The van der Waals surface area contributed by atoms with Gasteiger partial charge in [0.1, 0.15) is 0 Å². The third-order valence-corrected chi connectivity index (χ3v) is 5.09. The molecule has 3 aromatic rings. The van der Waals surface area contributed by atoms with Gasteiger partial charge in [-0.25, -0.2) is 4.98 Å². The molecule has 1 aliphatic rings. The molecule has 2 unspecified atom stereocenters. The van der Waals surface area contributed by atoms with E-state index < -0.39 is 23.8 Å². The molecule has 27 heavy (non-hydrogen) atoms. The zero-order valence-corrected chi connectivity index (χ0v) is 15.8. The number of rotatable bonds is 3. The van der Waals surface area contributed by atoms with Crippen molar-refractivity contribution in [2.45, 2.75) is 13.0 Å². The predicted molar refractivity (Wildman–Crippen MR) is 103 cm³/mol. The molecular formula is C19H15Cl2N3O3. The maximum atomic E-state index is 12.8. The minimum atomic E-state index is -1.10. The van der Waals surface area contributed by atoms with Crippen LogP contribution in [-0.2, 0) is 14.3 Å². The number of carbonyl (C=O) groups excluding carboxylic acids is 2. The van der Waals surface area contributed by atoms with E-state index in [0.29, 0.717) is 27.1 Å². The average molecular weight is 404 g/mol. The first-order valence-electron chi connectivity index (χ1n) is 8.40. The van der Waals surface area contributed by atoms with Gasteiger partial charge >= 0.3 is 5.97 Å². The molecule has 2 heterocycles. The predicted octanol–water partition coefficient (Wildman–Crippen LogP) is 4.06. The first-order chi connectivity index (χ1) is 13.0. The number of halogens is 2. The molecule has 8 heteroatoms. The van der Waals surface area contributed by atoms with Gasteiger partial charge in [0, 0.05) is 10.0 Å². The molecule has 0 bridgehead atoms. The number of hydrogen-bond donors (Lipinski definition) is 1. The number of benzene rings is 2. The Bertz CT molecular complexity index is 1060. The van der Waals surface area contributed by atoms with E-state index in [2.05, 4.69) is 10.3 Å². The van der Waals surface area contributed by atoms with Gasteiger partial charge in [0.25, 0.3) is 0 Å². The zero-order chi connectivity index (χ0) is 19.1. The first-order valence-corrected chi connectivity index (χ1v) is 9.16. The summed E-state index contributed by atoms with van der Waals surface area (Å²) < 4.78 is 6.98. The van der Waals surface area contributed by atoms with Gasteiger partial charge in [0.05, 0.1) is 23.7 Å². The molecule has 138 valence electrons. The number of fused-ring (bicyclic) bond motifs is 3. The summed E-state index contributed by atoms with van der Waals surface area (Å²) in [5.74, 6) is -1.84. The fourth-order valence-electron chi connectivity index (χ4n) is 3.42. The van der Waals surface area contributed by atoms with Crippen LogP contribution in [0.15, 0.2) is 42.5 Å². The van der Waals surface area contributed by atoms with Crippen molar-refractivity contribution in [3.8, 4) is 0 Å². The summed E-state index contributed by atoms with van der Waals surface area (Å²) in [6.45, 7) is 1.86. The molecule has 4 rings (SSSR count). The molecule has 1 amide bonds. The number of aromatic nitrogens is 2. The number of anilines is 1. The van der Waals surface area contributed by atoms with Gasteiger partial charge in [-0.3, -0.25) is 14.9 Å². The number of nitrogens with one attached hydrogen (secondary N) is 1. The molecule has 0 spiro atoms. The molecule has 0 saturated carbocycles. The lowest BCUT2D eigenvalue weighted by molar-refractivity contribution is -0.152. The standard InChI is InChI=1S/C19H15Cl2N3O3/c1-2-27-18(26)15-16(11-8-7-10(20)9-12(11)21)24-14-6-4-3-5-13(14)22-19(24)23-17(15)25/h3-9,15-16H,2H2,1H3,(H,22,23,25). The van der Waals surface area contributed by atoms with E-state index in [-0.39, 0.29) is 6.61 Å². The second-order valence-corrected chi connectivity index (χ2v) is 6.97. The van der Waals surface area contributed by atoms with Crippen LogP contribution in [0.1, 0.15) is 18.5 Å². The summed E-state index contributed by atoms with van der Waals surface area (Å²) in [6.07, 6.45) is 0. The normalized spacial score (nSPS) is 18.9. The van der Waals surface area contributed by atoms with Crippen molar-refractivity contribution in [1.82, 2.24) is 9.55 Å². The molecule has 1 N–H and O–H groups in total. The van der Waals surface area contributed by atoms with Crippen molar-refractivity contribution in [3.05, 3.63) is 58.1 Å². The van der Waals surface area contributed by atoms with Gasteiger partial charge in [-0.2, -0.15) is 0 Å². The summed E-state index contributed by atoms with van der Waals surface area (Å²) in [7, 11) is 0. The van der Waals surface area contributed by atoms with E-state index >= 15 is 0 Å². The highest BCUT2D eigenvalue weighted by Gasteiger charge is 2.44. The van der Waals surface area contributed by atoms with Crippen LogP contribution < -0.4 is 5.32 Å². The van der Waals surface area contributed by atoms with Crippen molar-refractivity contribution in [2.24, 2.45) is 5.92 Å². The van der Waals surface area contributed by atoms with Crippen molar-refractivity contribution in [1.29, 1.82) is 0 Å². The maximum absolute atomic E-state index is 12.8. The third kappa shape index (κ3) is 2.95. The Morgan fingerprint density at radius 1 is 1.26 bits per heavy atom. The summed E-state index contributed by atoms with van der Waals surface area (Å²) in [5, 5.41) is 3.54. The minimum absolute atomic E-state index is 0.168. The number of carbonyl (C=O) groups is 2. The van der Waals surface area contributed by atoms with Crippen LogP contribution in [0, 0.1) is 5.92 Å². The van der Waals surface area contributed by atoms with Crippen LogP contribution >= 0.6 is 23.2 Å². The number of nitrogens with zero attached hydrogens (tertiary/aromatic N) is 2. The largest absolute Gasteiger partial charge is 0.465 e. The van der Waals surface area contributed by atoms with E-state index in [1.54, 1.807) is 25.1 Å². The van der Waals surface area contributed by atoms with Crippen LogP contribution in [0.5, 0.6) is 0 Å². The smallest absolute Gasteiger partial charge is 0.321 e. The Kier molecular flexibility index (Phi) is 4.53. The lowest BCUT2D eigenvalue weighted by Crippen LogP contribution is -2.43. The molecule has 2 atom stereocenters. The van der Waals surface area contributed by atoms with Crippen LogP contribution in [0.2, 0.25) is 10.0 Å². The Morgan fingerprint density at radius 3 is 2.78 bits per heavy atom. The van der Waals surface area contributed by atoms with Crippen LogP contribution in [0.25, 0.3) is 11.0 Å². The molecule has 0 aliphatic carbocycles. The second kappa shape index (κ2) is 6.87. The Labute approximate surface area is 165 Å². The summed E-state index contributed by atoms with van der Waals surface area (Å²) in [5.41, 5.74) is 2.07. The van der Waals surface area contributed by atoms with Crippen molar-refractivity contribution < 1.29 is 14.3 Å². The number of esters is 1. The van der Waals surface area contributed by atoms with Gasteiger partial charge in [0.15, 0.2) is 5.92 Å². The van der Waals surface area contributed by atoms with E-state index in [9.17, 15) is 9.59 Å². The SMILES string of the molecule is CCOC(=O)C1C(=O)Nc2nc3ccccc3n2C1c1ccc(Cl)cc1Cl.